The van der Waals surface area contributed by atoms with Crippen LogP contribution in [0.1, 0.15) is 18.4 Å². The number of fused-ring (bicyclic) bond motifs is 1. The molecule has 1 aliphatic heterocycles. The lowest BCUT2D eigenvalue weighted by Gasteiger charge is -2.20. The highest BCUT2D eigenvalue weighted by atomic mass is 16.2. The molecule has 0 bridgehead atoms. The van der Waals surface area contributed by atoms with Crippen LogP contribution in [-0.4, -0.2) is 23.0 Å². The Kier molecular flexibility index (Phi) is 1.88. The molecule has 5 nitrogen and oxygen atoms in total. The summed E-state index contributed by atoms with van der Waals surface area (Å²) < 4.78 is 0. The number of hydrogen-bond acceptors (Lipinski definition) is 2. The van der Waals surface area contributed by atoms with Crippen molar-refractivity contribution in [1.29, 1.82) is 0 Å². The Balaban J connectivity index is 1.83. The van der Waals surface area contributed by atoms with E-state index in [-0.39, 0.29) is 17.4 Å². The standard InChI is InChI=1S/C14H13N3O2/c18-12-11(16-13(19)17-12)14(5-6-14)9-7-15-10-4-2-1-3-8(9)10/h1-4,7,11,15H,5-6H2,(H2,16,17,18,19). The maximum absolute atomic E-state index is 11.9. The minimum Gasteiger partial charge on any atom is -0.361 e. The first-order valence-electron chi connectivity index (χ1n) is 6.39. The fourth-order valence-corrected chi connectivity index (χ4v) is 3.14. The molecule has 1 saturated heterocycles. The van der Waals surface area contributed by atoms with E-state index in [2.05, 4.69) is 21.7 Å². The van der Waals surface area contributed by atoms with E-state index in [1.807, 2.05) is 24.4 Å². The number of aromatic nitrogens is 1. The SMILES string of the molecule is O=C1NC(=O)C(C2(c3c[nH]c4ccccc34)CC2)N1. The monoisotopic (exact) mass is 255 g/mol. The van der Waals surface area contributed by atoms with Crippen molar-refractivity contribution in [2.24, 2.45) is 0 Å². The minimum atomic E-state index is -0.445. The number of rotatable bonds is 2. The van der Waals surface area contributed by atoms with E-state index in [1.165, 1.54) is 0 Å². The molecule has 2 fully saturated rings. The maximum Gasteiger partial charge on any atom is 0.322 e. The molecule has 1 saturated carbocycles. The lowest BCUT2D eigenvalue weighted by Crippen LogP contribution is -2.40. The van der Waals surface area contributed by atoms with Crippen LogP contribution in [-0.2, 0) is 10.2 Å². The number of urea groups is 1. The summed E-state index contributed by atoms with van der Waals surface area (Å²) in [6, 6.07) is 7.20. The van der Waals surface area contributed by atoms with Crippen molar-refractivity contribution in [3.63, 3.8) is 0 Å². The fourth-order valence-electron chi connectivity index (χ4n) is 3.14. The van der Waals surface area contributed by atoms with Gasteiger partial charge in [0.15, 0.2) is 0 Å². The van der Waals surface area contributed by atoms with Crippen molar-refractivity contribution in [3.05, 3.63) is 36.0 Å². The van der Waals surface area contributed by atoms with Gasteiger partial charge in [-0.15, -0.1) is 0 Å². The smallest absolute Gasteiger partial charge is 0.322 e. The Morgan fingerprint density at radius 2 is 1.95 bits per heavy atom. The molecule has 1 aliphatic carbocycles. The van der Waals surface area contributed by atoms with Gasteiger partial charge in [0.1, 0.15) is 6.04 Å². The summed E-state index contributed by atoms with van der Waals surface area (Å²) in [5.41, 5.74) is 1.95. The molecule has 1 atom stereocenters. The quantitative estimate of drug-likeness (QED) is 0.710. The van der Waals surface area contributed by atoms with Gasteiger partial charge in [0.2, 0.25) is 0 Å². The number of para-hydroxylation sites is 1. The first-order chi connectivity index (χ1) is 9.21. The predicted molar refractivity (Wildman–Crippen MR) is 69.7 cm³/mol. The van der Waals surface area contributed by atoms with E-state index >= 15 is 0 Å². The zero-order chi connectivity index (χ0) is 13.0. The van der Waals surface area contributed by atoms with Gasteiger partial charge in [-0.25, -0.2) is 4.79 Å². The third kappa shape index (κ3) is 1.35. The van der Waals surface area contributed by atoms with Gasteiger partial charge >= 0.3 is 6.03 Å². The lowest BCUT2D eigenvalue weighted by molar-refractivity contribution is -0.120. The molecule has 19 heavy (non-hydrogen) atoms. The van der Waals surface area contributed by atoms with Gasteiger partial charge in [0.25, 0.3) is 5.91 Å². The molecule has 1 aromatic carbocycles. The molecule has 2 aliphatic rings. The zero-order valence-corrected chi connectivity index (χ0v) is 10.2. The number of hydrogen-bond donors (Lipinski definition) is 3. The number of carbonyl (C=O) groups excluding carboxylic acids is 2. The molecule has 1 unspecified atom stereocenters. The Bertz CT molecular complexity index is 700. The molecular formula is C14H13N3O2. The summed E-state index contributed by atoms with van der Waals surface area (Å²) in [4.78, 5) is 26.5. The van der Waals surface area contributed by atoms with E-state index in [0.29, 0.717) is 0 Å². The third-order valence-corrected chi connectivity index (χ3v) is 4.24. The number of nitrogens with one attached hydrogen (secondary N) is 3. The minimum absolute atomic E-state index is 0.215. The highest BCUT2D eigenvalue weighted by Crippen LogP contribution is 2.53. The van der Waals surface area contributed by atoms with Crippen LogP contribution < -0.4 is 10.6 Å². The maximum atomic E-state index is 11.9. The summed E-state index contributed by atoms with van der Waals surface area (Å²) in [5.74, 6) is -0.215. The molecule has 2 heterocycles. The van der Waals surface area contributed by atoms with E-state index in [1.54, 1.807) is 0 Å². The Morgan fingerprint density at radius 3 is 2.63 bits per heavy atom. The number of imide groups is 1. The van der Waals surface area contributed by atoms with Gasteiger partial charge < -0.3 is 10.3 Å². The second-order valence-corrected chi connectivity index (χ2v) is 5.30. The van der Waals surface area contributed by atoms with Crippen molar-refractivity contribution >= 4 is 22.8 Å². The molecule has 0 radical (unpaired) electrons. The van der Waals surface area contributed by atoms with Crippen molar-refractivity contribution in [2.75, 3.05) is 0 Å². The molecular weight excluding hydrogens is 242 g/mol. The van der Waals surface area contributed by atoms with Gasteiger partial charge in [0, 0.05) is 22.5 Å². The third-order valence-electron chi connectivity index (χ3n) is 4.24. The average molecular weight is 255 g/mol. The van der Waals surface area contributed by atoms with Gasteiger partial charge in [-0.2, -0.15) is 0 Å². The Labute approximate surface area is 109 Å². The van der Waals surface area contributed by atoms with Gasteiger partial charge in [0.05, 0.1) is 0 Å². The average Bonchev–Trinajstić information content (AvgIpc) is 2.95. The number of H-pyrrole nitrogens is 1. The van der Waals surface area contributed by atoms with E-state index < -0.39 is 6.04 Å². The van der Waals surface area contributed by atoms with E-state index in [0.717, 1.165) is 29.3 Å². The summed E-state index contributed by atoms with van der Waals surface area (Å²) >= 11 is 0. The van der Waals surface area contributed by atoms with E-state index in [4.69, 9.17) is 0 Å². The van der Waals surface area contributed by atoms with Crippen LogP contribution in [0, 0.1) is 0 Å². The summed E-state index contributed by atoms with van der Waals surface area (Å²) in [5, 5.41) is 6.20. The molecule has 3 amide bonds. The molecule has 2 aromatic rings. The first-order valence-corrected chi connectivity index (χ1v) is 6.39. The van der Waals surface area contributed by atoms with Crippen LogP contribution in [0.4, 0.5) is 4.79 Å². The normalized spacial score (nSPS) is 24.3. The zero-order valence-electron chi connectivity index (χ0n) is 10.2. The van der Waals surface area contributed by atoms with Crippen LogP contribution in [0.3, 0.4) is 0 Å². The van der Waals surface area contributed by atoms with E-state index in [9.17, 15) is 9.59 Å². The van der Waals surface area contributed by atoms with Crippen LogP contribution in [0.15, 0.2) is 30.5 Å². The van der Waals surface area contributed by atoms with Crippen LogP contribution in [0.2, 0.25) is 0 Å². The largest absolute Gasteiger partial charge is 0.361 e. The van der Waals surface area contributed by atoms with Gasteiger partial charge in [-0.1, -0.05) is 18.2 Å². The van der Waals surface area contributed by atoms with Gasteiger partial charge in [-0.05, 0) is 24.5 Å². The van der Waals surface area contributed by atoms with Crippen molar-refractivity contribution < 1.29 is 9.59 Å². The van der Waals surface area contributed by atoms with Gasteiger partial charge in [-0.3, -0.25) is 10.1 Å². The number of amides is 3. The summed E-state index contributed by atoms with van der Waals surface area (Å²) in [7, 11) is 0. The highest BCUT2D eigenvalue weighted by molar-refractivity contribution is 6.06. The number of benzene rings is 1. The Morgan fingerprint density at radius 1 is 1.16 bits per heavy atom. The van der Waals surface area contributed by atoms with Crippen LogP contribution >= 0.6 is 0 Å². The Hall–Kier alpha value is -2.30. The second kappa shape index (κ2) is 3.38. The second-order valence-electron chi connectivity index (χ2n) is 5.30. The van der Waals surface area contributed by atoms with Crippen molar-refractivity contribution in [1.82, 2.24) is 15.6 Å². The summed E-state index contributed by atoms with van der Waals surface area (Å²) in [6.45, 7) is 0. The fraction of sp³-hybridized carbons (Fsp3) is 0.286. The molecule has 0 spiro atoms. The molecule has 5 heteroatoms. The first kappa shape index (κ1) is 10.6. The molecule has 96 valence electrons. The molecule has 1 aromatic heterocycles. The van der Waals surface area contributed by atoms with Crippen molar-refractivity contribution in [2.45, 2.75) is 24.3 Å². The number of aromatic amines is 1. The molecule has 4 rings (SSSR count). The molecule has 3 N–H and O–H groups in total. The topological polar surface area (TPSA) is 74.0 Å². The van der Waals surface area contributed by atoms with Crippen LogP contribution in [0.25, 0.3) is 10.9 Å². The lowest BCUT2D eigenvalue weighted by atomic mass is 9.87. The number of carbonyl (C=O) groups is 2. The van der Waals surface area contributed by atoms with Crippen molar-refractivity contribution in [3.8, 4) is 0 Å². The summed E-state index contributed by atoms with van der Waals surface area (Å²) in [6.07, 6.45) is 3.82. The van der Waals surface area contributed by atoms with Crippen LogP contribution in [0.5, 0.6) is 0 Å². The highest BCUT2D eigenvalue weighted by Gasteiger charge is 2.57. The predicted octanol–water partition coefficient (Wildman–Crippen LogP) is 1.41.